The van der Waals surface area contributed by atoms with Crippen LogP contribution in [0.4, 0.5) is 11.5 Å². The Kier molecular flexibility index (Phi) is 2.58. The van der Waals surface area contributed by atoms with Crippen LogP contribution in [-0.4, -0.2) is 29.8 Å². The van der Waals surface area contributed by atoms with Crippen LogP contribution in [0.2, 0.25) is 0 Å². The summed E-state index contributed by atoms with van der Waals surface area (Å²) in [5.74, 6) is 1.64. The molecule has 0 aliphatic carbocycles. The average Bonchev–Trinajstić information content (AvgIpc) is 2.65. The van der Waals surface area contributed by atoms with Crippen LogP contribution in [0.1, 0.15) is 12.8 Å². The zero-order valence-corrected chi connectivity index (χ0v) is 8.24. The standard InChI is InChI=1S/C9H17N5/c10-5-7-1-3-14(4-2-7)9-8(11)6-12-13-9/h6-7H,1-5,10-11H2,(H,12,13). The summed E-state index contributed by atoms with van der Waals surface area (Å²) in [6.45, 7) is 2.84. The maximum Gasteiger partial charge on any atom is 0.147 e. The second-order valence-electron chi connectivity index (χ2n) is 3.84. The summed E-state index contributed by atoms with van der Waals surface area (Å²) in [6, 6.07) is 0. The van der Waals surface area contributed by atoms with Crippen molar-refractivity contribution in [2.24, 2.45) is 11.7 Å². The number of nitrogens with two attached hydrogens (primary N) is 2. The molecule has 5 N–H and O–H groups in total. The fourth-order valence-electron chi connectivity index (χ4n) is 1.93. The second kappa shape index (κ2) is 3.88. The van der Waals surface area contributed by atoms with E-state index < -0.39 is 0 Å². The highest BCUT2D eigenvalue weighted by Crippen LogP contribution is 2.24. The van der Waals surface area contributed by atoms with Gasteiger partial charge in [0.05, 0.1) is 11.9 Å². The minimum Gasteiger partial charge on any atom is -0.394 e. The molecule has 5 heteroatoms. The van der Waals surface area contributed by atoms with Gasteiger partial charge in [-0.15, -0.1) is 0 Å². The molecule has 0 aromatic carbocycles. The minimum atomic E-state index is 0.676. The summed E-state index contributed by atoms with van der Waals surface area (Å²) in [5.41, 5.74) is 12.1. The fraction of sp³-hybridized carbons (Fsp3) is 0.667. The molecule has 2 heterocycles. The van der Waals surface area contributed by atoms with Crippen molar-refractivity contribution in [3.8, 4) is 0 Å². The van der Waals surface area contributed by atoms with E-state index in [1.165, 1.54) is 0 Å². The largest absolute Gasteiger partial charge is 0.394 e. The van der Waals surface area contributed by atoms with Crippen molar-refractivity contribution in [3.05, 3.63) is 6.20 Å². The van der Waals surface area contributed by atoms with Gasteiger partial charge >= 0.3 is 0 Å². The number of hydrogen-bond acceptors (Lipinski definition) is 4. The zero-order valence-electron chi connectivity index (χ0n) is 8.24. The molecule has 1 aromatic rings. The van der Waals surface area contributed by atoms with Gasteiger partial charge in [-0.1, -0.05) is 0 Å². The third-order valence-corrected chi connectivity index (χ3v) is 2.91. The van der Waals surface area contributed by atoms with Gasteiger partial charge in [-0.05, 0) is 25.3 Å². The number of hydrogen-bond donors (Lipinski definition) is 3. The van der Waals surface area contributed by atoms with E-state index in [-0.39, 0.29) is 0 Å². The molecule has 2 rings (SSSR count). The van der Waals surface area contributed by atoms with Crippen molar-refractivity contribution in [2.75, 3.05) is 30.3 Å². The van der Waals surface area contributed by atoms with E-state index >= 15 is 0 Å². The van der Waals surface area contributed by atoms with Crippen molar-refractivity contribution in [2.45, 2.75) is 12.8 Å². The van der Waals surface area contributed by atoms with Crippen LogP contribution in [0.15, 0.2) is 6.20 Å². The van der Waals surface area contributed by atoms with Gasteiger partial charge in [0.15, 0.2) is 0 Å². The first-order valence-electron chi connectivity index (χ1n) is 5.05. The summed E-state index contributed by atoms with van der Waals surface area (Å²) in [7, 11) is 0. The molecule has 0 radical (unpaired) electrons. The van der Waals surface area contributed by atoms with Crippen molar-refractivity contribution >= 4 is 11.5 Å². The molecule has 0 amide bonds. The number of nitrogen functional groups attached to an aromatic ring is 1. The lowest BCUT2D eigenvalue weighted by Crippen LogP contribution is -2.36. The quantitative estimate of drug-likeness (QED) is 0.628. The fourth-order valence-corrected chi connectivity index (χ4v) is 1.93. The van der Waals surface area contributed by atoms with Crippen LogP contribution in [0.3, 0.4) is 0 Å². The number of nitrogens with zero attached hydrogens (tertiary/aromatic N) is 2. The molecule has 1 aromatic heterocycles. The van der Waals surface area contributed by atoms with E-state index in [9.17, 15) is 0 Å². The first-order chi connectivity index (χ1) is 6.81. The topological polar surface area (TPSA) is 84.0 Å². The van der Waals surface area contributed by atoms with Crippen molar-refractivity contribution in [1.82, 2.24) is 10.2 Å². The van der Waals surface area contributed by atoms with E-state index in [0.29, 0.717) is 5.92 Å². The SMILES string of the molecule is NCC1CCN(c2[nH]ncc2N)CC1. The van der Waals surface area contributed by atoms with Crippen LogP contribution in [0.25, 0.3) is 0 Å². The third kappa shape index (κ3) is 1.68. The summed E-state index contributed by atoms with van der Waals surface area (Å²) >= 11 is 0. The van der Waals surface area contributed by atoms with Crippen LogP contribution < -0.4 is 16.4 Å². The Labute approximate surface area is 83.5 Å². The van der Waals surface area contributed by atoms with E-state index in [0.717, 1.165) is 44.0 Å². The average molecular weight is 195 g/mol. The van der Waals surface area contributed by atoms with E-state index in [4.69, 9.17) is 11.5 Å². The molecule has 0 atom stereocenters. The highest BCUT2D eigenvalue weighted by molar-refractivity contribution is 5.61. The van der Waals surface area contributed by atoms with Gasteiger partial charge in [0.1, 0.15) is 5.82 Å². The summed E-state index contributed by atoms with van der Waals surface area (Å²) in [4.78, 5) is 2.24. The summed E-state index contributed by atoms with van der Waals surface area (Å²) in [5, 5.41) is 6.85. The Bertz CT molecular complexity index is 287. The third-order valence-electron chi connectivity index (χ3n) is 2.91. The molecule has 1 fully saturated rings. The van der Waals surface area contributed by atoms with Crippen molar-refractivity contribution in [3.63, 3.8) is 0 Å². The van der Waals surface area contributed by atoms with Gasteiger partial charge in [0.2, 0.25) is 0 Å². The van der Waals surface area contributed by atoms with E-state index in [1.807, 2.05) is 0 Å². The Hall–Kier alpha value is -1.23. The smallest absolute Gasteiger partial charge is 0.147 e. The first-order valence-corrected chi connectivity index (χ1v) is 5.05. The Balaban J connectivity index is 1.99. The number of aromatic amines is 1. The number of rotatable bonds is 2. The maximum absolute atomic E-state index is 5.78. The Morgan fingerprint density at radius 1 is 1.50 bits per heavy atom. The number of nitrogens with one attached hydrogen (secondary N) is 1. The zero-order chi connectivity index (χ0) is 9.97. The lowest BCUT2D eigenvalue weighted by molar-refractivity contribution is 0.413. The normalized spacial score (nSPS) is 18.8. The molecule has 0 spiro atoms. The van der Waals surface area contributed by atoms with Crippen LogP contribution >= 0.6 is 0 Å². The van der Waals surface area contributed by atoms with Gasteiger partial charge in [0.25, 0.3) is 0 Å². The minimum absolute atomic E-state index is 0.676. The van der Waals surface area contributed by atoms with E-state index in [1.54, 1.807) is 6.20 Å². The van der Waals surface area contributed by atoms with Gasteiger partial charge in [-0.25, -0.2) is 0 Å². The molecule has 14 heavy (non-hydrogen) atoms. The molecular formula is C9H17N5. The van der Waals surface area contributed by atoms with Gasteiger partial charge in [-0.2, -0.15) is 5.10 Å². The molecule has 1 saturated heterocycles. The number of H-pyrrole nitrogens is 1. The van der Waals surface area contributed by atoms with Crippen molar-refractivity contribution < 1.29 is 0 Å². The molecule has 0 unspecified atom stereocenters. The van der Waals surface area contributed by atoms with E-state index in [2.05, 4.69) is 15.1 Å². The maximum atomic E-state index is 5.78. The lowest BCUT2D eigenvalue weighted by Gasteiger charge is -2.32. The lowest BCUT2D eigenvalue weighted by atomic mass is 9.97. The molecule has 1 aliphatic heterocycles. The van der Waals surface area contributed by atoms with Gasteiger partial charge < -0.3 is 16.4 Å². The predicted octanol–water partition coefficient (Wildman–Crippen LogP) is 0.167. The molecule has 5 nitrogen and oxygen atoms in total. The second-order valence-corrected chi connectivity index (χ2v) is 3.84. The predicted molar refractivity (Wildman–Crippen MR) is 57.0 cm³/mol. The number of aromatic nitrogens is 2. The monoisotopic (exact) mass is 195 g/mol. The summed E-state index contributed by atoms with van der Waals surface area (Å²) in [6.07, 6.45) is 3.95. The molecule has 0 saturated carbocycles. The Morgan fingerprint density at radius 2 is 2.21 bits per heavy atom. The highest BCUT2D eigenvalue weighted by atomic mass is 15.3. The molecule has 0 bridgehead atoms. The highest BCUT2D eigenvalue weighted by Gasteiger charge is 2.20. The molecule has 78 valence electrons. The van der Waals surface area contributed by atoms with Gasteiger partial charge in [-0.3, -0.25) is 5.10 Å². The summed E-state index contributed by atoms with van der Waals surface area (Å²) < 4.78 is 0. The number of piperidine rings is 1. The first kappa shape index (κ1) is 9.33. The molecular weight excluding hydrogens is 178 g/mol. The Morgan fingerprint density at radius 3 is 2.71 bits per heavy atom. The van der Waals surface area contributed by atoms with Crippen molar-refractivity contribution in [1.29, 1.82) is 0 Å². The van der Waals surface area contributed by atoms with Crippen LogP contribution in [0.5, 0.6) is 0 Å². The van der Waals surface area contributed by atoms with Gasteiger partial charge in [0, 0.05) is 13.1 Å². The van der Waals surface area contributed by atoms with Crippen LogP contribution in [-0.2, 0) is 0 Å². The molecule has 1 aliphatic rings. The number of anilines is 2. The van der Waals surface area contributed by atoms with Crippen LogP contribution in [0, 0.1) is 5.92 Å².